The highest BCUT2D eigenvalue weighted by Crippen LogP contribution is 2.22. The van der Waals surface area contributed by atoms with Crippen molar-refractivity contribution in [1.82, 2.24) is 9.97 Å². The highest BCUT2D eigenvalue weighted by molar-refractivity contribution is 5.79. The number of rotatable bonds is 8. The van der Waals surface area contributed by atoms with Crippen molar-refractivity contribution in [2.75, 3.05) is 18.0 Å². The molecule has 1 aromatic heterocycles. The van der Waals surface area contributed by atoms with E-state index in [4.69, 9.17) is 0 Å². The van der Waals surface area contributed by atoms with Crippen molar-refractivity contribution < 1.29 is 0 Å². The minimum absolute atomic E-state index is 0.0952. The van der Waals surface area contributed by atoms with Crippen molar-refractivity contribution in [3.63, 3.8) is 0 Å². The van der Waals surface area contributed by atoms with Crippen LogP contribution in [0.4, 0.5) is 5.69 Å². The summed E-state index contributed by atoms with van der Waals surface area (Å²) in [6.45, 7) is 6.62. The van der Waals surface area contributed by atoms with E-state index in [0.29, 0.717) is 11.2 Å². The summed E-state index contributed by atoms with van der Waals surface area (Å²) in [5, 5.41) is 0.623. The van der Waals surface area contributed by atoms with E-state index in [0.717, 1.165) is 24.2 Å². The average molecular weight is 349 g/mol. The second-order valence-electron chi connectivity index (χ2n) is 6.67. The minimum Gasteiger partial charge on any atom is -0.372 e. The molecule has 0 fully saturated rings. The molecule has 0 atom stereocenters. The number of nitrogens with zero attached hydrogens (tertiary/aromatic N) is 2. The van der Waals surface area contributed by atoms with Crippen LogP contribution in [0, 0.1) is 0 Å². The number of aromatic nitrogens is 2. The number of unbranched alkanes of at least 4 members (excludes halogenated alkanes) is 2. The minimum atomic E-state index is -0.0952. The third-order valence-electron chi connectivity index (χ3n) is 4.68. The number of nitrogens with one attached hydrogen (secondary N) is 1. The molecule has 0 aliphatic carbocycles. The van der Waals surface area contributed by atoms with Crippen molar-refractivity contribution in [2.45, 2.75) is 39.5 Å². The van der Waals surface area contributed by atoms with Gasteiger partial charge in [0.25, 0.3) is 5.56 Å². The molecule has 0 bridgehead atoms. The SMILES string of the molecule is CCCCN(CCCC)c1ccc(-c2nc3ccccc3c(=O)[nH]2)cc1. The van der Waals surface area contributed by atoms with Crippen LogP contribution in [0.2, 0.25) is 0 Å². The zero-order valence-electron chi connectivity index (χ0n) is 15.7. The van der Waals surface area contributed by atoms with Crippen molar-refractivity contribution >= 4 is 16.6 Å². The molecule has 3 rings (SSSR count). The Bertz CT molecular complexity index is 891. The molecule has 0 spiro atoms. The molecule has 136 valence electrons. The molecule has 26 heavy (non-hydrogen) atoms. The predicted molar refractivity (Wildman–Crippen MR) is 110 cm³/mol. The van der Waals surface area contributed by atoms with E-state index in [9.17, 15) is 4.79 Å². The lowest BCUT2D eigenvalue weighted by Crippen LogP contribution is -2.25. The fourth-order valence-corrected chi connectivity index (χ4v) is 3.12. The number of aromatic amines is 1. The molecular weight excluding hydrogens is 322 g/mol. The van der Waals surface area contributed by atoms with Gasteiger partial charge in [0.05, 0.1) is 10.9 Å². The molecule has 1 heterocycles. The first-order chi connectivity index (χ1) is 12.7. The normalized spacial score (nSPS) is 11.0. The molecule has 3 aromatic rings. The summed E-state index contributed by atoms with van der Waals surface area (Å²) in [7, 11) is 0. The molecule has 0 saturated carbocycles. The summed E-state index contributed by atoms with van der Waals surface area (Å²) in [6.07, 6.45) is 4.79. The summed E-state index contributed by atoms with van der Waals surface area (Å²) in [4.78, 5) is 22.2. The number of anilines is 1. The highest BCUT2D eigenvalue weighted by Gasteiger charge is 2.08. The van der Waals surface area contributed by atoms with E-state index in [1.165, 1.54) is 31.4 Å². The third-order valence-corrected chi connectivity index (χ3v) is 4.68. The van der Waals surface area contributed by atoms with Gasteiger partial charge in [-0.25, -0.2) is 4.98 Å². The molecule has 0 unspecified atom stereocenters. The van der Waals surface area contributed by atoms with Gasteiger partial charge in [0, 0.05) is 24.3 Å². The van der Waals surface area contributed by atoms with Gasteiger partial charge in [0.1, 0.15) is 5.82 Å². The van der Waals surface area contributed by atoms with E-state index in [1.807, 2.05) is 30.3 Å². The first-order valence-electron chi connectivity index (χ1n) is 9.57. The maximum absolute atomic E-state index is 12.3. The van der Waals surface area contributed by atoms with E-state index >= 15 is 0 Å². The predicted octanol–water partition coefficient (Wildman–Crippen LogP) is 5.00. The molecule has 0 aliphatic heterocycles. The summed E-state index contributed by atoms with van der Waals surface area (Å²) in [5.74, 6) is 0.619. The second-order valence-corrected chi connectivity index (χ2v) is 6.67. The molecule has 2 aromatic carbocycles. The first kappa shape index (κ1) is 18.2. The fourth-order valence-electron chi connectivity index (χ4n) is 3.12. The van der Waals surface area contributed by atoms with Gasteiger partial charge in [-0.15, -0.1) is 0 Å². The maximum atomic E-state index is 12.3. The van der Waals surface area contributed by atoms with Crippen molar-refractivity contribution in [1.29, 1.82) is 0 Å². The maximum Gasteiger partial charge on any atom is 0.259 e. The summed E-state index contributed by atoms with van der Waals surface area (Å²) in [5.41, 5.74) is 2.80. The van der Waals surface area contributed by atoms with Gasteiger partial charge in [-0.3, -0.25) is 4.79 Å². The third kappa shape index (κ3) is 4.13. The second kappa shape index (κ2) is 8.65. The fraction of sp³-hybridized carbons (Fsp3) is 0.364. The van der Waals surface area contributed by atoms with Crippen LogP contribution in [0.15, 0.2) is 53.3 Å². The Morgan fingerprint density at radius 3 is 2.23 bits per heavy atom. The van der Waals surface area contributed by atoms with Crippen molar-refractivity contribution in [3.8, 4) is 11.4 Å². The van der Waals surface area contributed by atoms with Gasteiger partial charge in [0.2, 0.25) is 0 Å². The van der Waals surface area contributed by atoms with Gasteiger partial charge >= 0.3 is 0 Å². The van der Waals surface area contributed by atoms with Crippen molar-refractivity contribution in [2.24, 2.45) is 0 Å². The van der Waals surface area contributed by atoms with E-state index in [-0.39, 0.29) is 5.56 Å². The molecular formula is C22H27N3O. The molecule has 4 nitrogen and oxygen atoms in total. The standard InChI is InChI=1S/C22H27N3O/c1-3-5-15-25(16-6-4-2)18-13-11-17(12-14-18)21-23-20-10-8-7-9-19(20)22(26)24-21/h7-14H,3-6,15-16H2,1-2H3,(H,23,24,26). The Morgan fingerprint density at radius 1 is 0.923 bits per heavy atom. The Hall–Kier alpha value is -2.62. The van der Waals surface area contributed by atoms with Crippen LogP contribution in [-0.2, 0) is 0 Å². The summed E-state index contributed by atoms with van der Waals surface area (Å²) < 4.78 is 0. The quantitative estimate of drug-likeness (QED) is 0.623. The lowest BCUT2D eigenvalue weighted by atomic mass is 10.1. The average Bonchev–Trinajstić information content (AvgIpc) is 2.68. The van der Waals surface area contributed by atoms with Gasteiger partial charge < -0.3 is 9.88 Å². The van der Waals surface area contributed by atoms with Crippen LogP contribution in [-0.4, -0.2) is 23.1 Å². The lowest BCUT2D eigenvalue weighted by molar-refractivity contribution is 0.678. The number of hydrogen-bond donors (Lipinski definition) is 1. The smallest absolute Gasteiger partial charge is 0.259 e. The van der Waals surface area contributed by atoms with Crippen molar-refractivity contribution in [3.05, 3.63) is 58.9 Å². The van der Waals surface area contributed by atoms with Crippen LogP contribution in [0.1, 0.15) is 39.5 Å². The number of fused-ring (bicyclic) bond motifs is 1. The summed E-state index contributed by atoms with van der Waals surface area (Å²) in [6, 6.07) is 15.8. The Balaban J connectivity index is 1.87. The zero-order valence-corrected chi connectivity index (χ0v) is 15.7. The van der Waals surface area contributed by atoms with Gasteiger partial charge in [-0.1, -0.05) is 38.8 Å². The monoisotopic (exact) mass is 349 g/mol. The van der Waals surface area contributed by atoms with Crippen LogP contribution >= 0.6 is 0 Å². The zero-order chi connectivity index (χ0) is 18.4. The van der Waals surface area contributed by atoms with E-state index in [2.05, 4.69) is 40.8 Å². The number of H-pyrrole nitrogens is 1. The topological polar surface area (TPSA) is 49.0 Å². The van der Waals surface area contributed by atoms with Crippen LogP contribution in [0.5, 0.6) is 0 Å². The Kier molecular flexibility index (Phi) is 6.05. The van der Waals surface area contributed by atoms with Gasteiger partial charge in [-0.05, 0) is 49.2 Å². The molecule has 0 amide bonds. The lowest BCUT2D eigenvalue weighted by Gasteiger charge is -2.24. The van der Waals surface area contributed by atoms with Crippen LogP contribution < -0.4 is 10.5 Å². The summed E-state index contributed by atoms with van der Waals surface area (Å²) >= 11 is 0. The number of benzene rings is 2. The molecule has 0 aliphatic rings. The molecule has 0 radical (unpaired) electrons. The molecule has 1 N–H and O–H groups in total. The van der Waals surface area contributed by atoms with Gasteiger partial charge in [-0.2, -0.15) is 0 Å². The number of para-hydroxylation sites is 1. The molecule has 4 heteroatoms. The van der Waals surface area contributed by atoms with E-state index < -0.39 is 0 Å². The van der Waals surface area contributed by atoms with Gasteiger partial charge in [0.15, 0.2) is 0 Å². The van der Waals surface area contributed by atoms with E-state index in [1.54, 1.807) is 6.07 Å². The Morgan fingerprint density at radius 2 is 1.58 bits per heavy atom. The van der Waals surface area contributed by atoms with Crippen LogP contribution in [0.25, 0.3) is 22.3 Å². The first-order valence-corrected chi connectivity index (χ1v) is 9.57. The van der Waals surface area contributed by atoms with Crippen LogP contribution in [0.3, 0.4) is 0 Å². The highest BCUT2D eigenvalue weighted by atomic mass is 16.1. The molecule has 0 saturated heterocycles. The Labute approximate surface area is 154 Å². The number of hydrogen-bond acceptors (Lipinski definition) is 3. The largest absolute Gasteiger partial charge is 0.372 e.